The highest BCUT2D eigenvalue weighted by atomic mass is 32.3. The molecule has 7 heteroatoms. The summed E-state index contributed by atoms with van der Waals surface area (Å²) in [5.74, 6) is 0. The third kappa shape index (κ3) is 7.23. The quantitative estimate of drug-likeness (QED) is 0.119. The fraction of sp³-hybridized carbons (Fsp3) is 0.250. The van der Waals surface area contributed by atoms with Gasteiger partial charge in [0.15, 0.2) is 0 Å². The van der Waals surface area contributed by atoms with E-state index in [1.165, 1.54) is 6.08 Å². The second-order valence-electron chi connectivity index (χ2n) is 1.46. The Hall–Kier alpha value is -0.660. The van der Waals surface area contributed by atoms with Crippen LogP contribution >= 0.6 is 0 Å². The van der Waals surface area contributed by atoms with Gasteiger partial charge in [-0.25, -0.2) is 0 Å². The molecule has 0 saturated heterocycles. The van der Waals surface area contributed by atoms with Crippen LogP contribution in [0.2, 0.25) is 0 Å². The third-order valence-corrected chi connectivity index (χ3v) is 1.05. The van der Waals surface area contributed by atoms with E-state index in [4.69, 9.17) is 0 Å². The van der Waals surface area contributed by atoms with Gasteiger partial charge in [-0.3, -0.25) is 4.28 Å². The highest BCUT2D eigenvalue weighted by Gasteiger charge is 1.87. The normalized spacial score (nSPS) is 12.6. The van der Waals surface area contributed by atoms with Crippen LogP contribution in [0.4, 0.5) is 0 Å². The Morgan fingerprint density at radius 3 is 2.73 bits per heavy atom. The van der Waals surface area contributed by atoms with Crippen LogP contribution in [0.15, 0.2) is 17.8 Å². The lowest BCUT2D eigenvalue weighted by Gasteiger charge is -2.08. The summed E-state index contributed by atoms with van der Waals surface area (Å²) in [5.41, 5.74) is 0. The molecule has 0 rings (SSSR count). The molecule has 0 radical (unpaired) electrons. The van der Waals surface area contributed by atoms with Gasteiger partial charge in [-0.2, -0.15) is 8.42 Å². The van der Waals surface area contributed by atoms with Crippen LogP contribution in [-0.2, 0) is 27.3 Å². The fourth-order valence-corrected chi connectivity index (χ4v) is 0.632. The van der Waals surface area contributed by atoms with Gasteiger partial charge in [-0.1, -0.05) is 16.3 Å². The summed E-state index contributed by atoms with van der Waals surface area (Å²) in [6, 6.07) is 0. The first kappa shape index (κ1) is 10.3. The minimum atomic E-state index is -4.78. The maximum absolute atomic E-state index is 9.78. The van der Waals surface area contributed by atoms with Gasteiger partial charge in [-0.05, 0) is 6.42 Å². The molecule has 0 heterocycles. The van der Waals surface area contributed by atoms with E-state index in [9.17, 15) is 13.0 Å². The van der Waals surface area contributed by atoms with E-state index in [1.54, 1.807) is 0 Å². The number of hydrogen-bond acceptors (Lipinski definition) is 6. The number of rotatable bonds is 4. The molecule has 0 aliphatic rings. The average molecular weight is 195 g/mol. The highest BCUT2D eigenvalue weighted by molar-refractivity contribution is 7.81. The summed E-state index contributed by atoms with van der Waals surface area (Å²) in [4.78, 5) is 0. The minimum absolute atomic E-state index is 0.0422. The Bertz CT molecular complexity index is 255. The van der Waals surface area contributed by atoms with Crippen LogP contribution in [0.5, 0.6) is 0 Å². The molecular formula is C4H5NO4S2-2. The SMILES string of the molecule is C=CC/C([S-])=N/OS(=O)(=O)[O-]. The van der Waals surface area contributed by atoms with Crippen molar-refractivity contribution in [2.75, 3.05) is 0 Å². The summed E-state index contributed by atoms with van der Waals surface area (Å²) in [6.07, 6.45) is 1.61. The zero-order valence-corrected chi connectivity index (χ0v) is 7.02. The first-order valence-electron chi connectivity index (χ1n) is 2.45. The largest absolute Gasteiger partial charge is 0.761 e. The number of nitrogens with zero attached hydrogens (tertiary/aromatic N) is 1. The topological polar surface area (TPSA) is 78.8 Å². The van der Waals surface area contributed by atoms with Crippen molar-refractivity contribution in [3.63, 3.8) is 0 Å². The maximum atomic E-state index is 9.78. The Balaban J connectivity index is 4.03. The molecule has 5 nitrogen and oxygen atoms in total. The number of oxime groups is 1. The van der Waals surface area contributed by atoms with Crippen molar-refractivity contribution < 1.29 is 17.3 Å². The summed E-state index contributed by atoms with van der Waals surface area (Å²) < 4.78 is 32.8. The Morgan fingerprint density at radius 1 is 1.82 bits per heavy atom. The van der Waals surface area contributed by atoms with Gasteiger partial charge in [0.25, 0.3) is 10.4 Å². The van der Waals surface area contributed by atoms with Crippen molar-refractivity contribution in [2.24, 2.45) is 5.16 Å². The van der Waals surface area contributed by atoms with Crippen LogP contribution in [0.25, 0.3) is 0 Å². The van der Waals surface area contributed by atoms with Gasteiger partial charge < -0.3 is 17.2 Å². The molecule has 0 fully saturated rings. The molecule has 0 spiro atoms. The Morgan fingerprint density at radius 2 is 2.36 bits per heavy atom. The lowest BCUT2D eigenvalue weighted by atomic mass is 10.5. The first-order chi connectivity index (χ1) is 4.95. The predicted molar refractivity (Wildman–Crippen MR) is 40.4 cm³/mol. The van der Waals surface area contributed by atoms with Crippen LogP contribution < -0.4 is 0 Å². The molecule has 0 N–H and O–H groups in total. The smallest absolute Gasteiger partial charge is 0.283 e. The number of allylic oxidation sites excluding steroid dienone is 1. The minimum Gasteiger partial charge on any atom is -0.761 e. The molecule has 64 valence electrons. The van der Waals surface area contributed by atoms with E-state index in [-0.39, 0.29) is 11.5 Å². The maximum Gasteiger partial charge on any atom is 0.283 e. The molecule has 0 aromatic heterocycles. The van der Waals surface area contributed by atoms with Crippen molar-refractivity contribution in [1.29, 1.82) is 0 Å². The first-order valence-corrected chi connectivity index (χ1v) is 4.19. The number of hydrogen-bond donors (Lipinski definition) is 0. The standard InChI is InChI=1S/C4H7NO4S2/c1-2-3-4(10)5-9-11(6,7)8/h2H,1,3H2,(H,5,10)(H,6,7,8)/p-2. The molecule has 0 saturated carbocycles. The lowest BCUT2D eigenvalue weighted by Crippen LogP contribution is -2.01. The lowest BCUT2D eigenvalue weighted by molar-refractivity contribution is 0.275. The van der Waals surface area contributed by atoms with Gasteiger partial charge in [0, 0.05) is 0 Å². The van der Waals surface area contributed by atoms with Crippen molar-refractivity contribution in [3.8, 4) is 0 Å². The van der Waals surface area contributed by atoms with Gasteiger partial charge in [0.2, 0.25) is 0 Å². The Kier molecular flexibility index (Phi) is 4.01. The monoisotopic (exact) mass is 195 g/mol. The van der Waals surface area contributed by atoms with E-state index in [1.807, 2.05) is 0 Å². The van der Waals surface area contributed by atoms with E-state index >= 15 is 0 Å². The van der Waals surface area contributed by atoms with Crippen molar-refractivity contribution in [1.82, 2.24) is 0 Å². The van der Waals surface area contributed by atoms with Gasteiger partial charge in [-0.15, -0.1) is 6.58 Å². The fourth-order valence-electron chi connectivity index (χ4n) is 0.248. The van der Waals surface area contributed by atoms with E-state index in [0.29, 0.717) is 0 Å². The van der Waals surface area contributed by atoms with Crippen molar-refractivity contribution in [2.45, 2.75) is 6.42 Å². The molecule has 0 aliphatic heterocycles. The summed E-state index contributed by atoms with van der Waals surface area (Å²) in [5, 5.41) is 2.80. The van der Waals surface area contributed by atoms with Crippen molar-refractivity contribution >= 4 is 28.1 Å². The van der Waals surface area contributed by atoms with Crippen molar-refractivity contribution in [3.05, 3.63) is 12.7 Å². The second-order valence-corrected chi connectivity index (χ2v) is 2.90. The molecule has 0 atom stereocenters. The predicted octanol–water partition coefficient (Wildman–Crippen LogP) is -0.100. The Labute approximate surface area is 70.1 Å². The summed E-state index contributed by atoms with van der Waals surface area (Å²) in [7, 11) is -4.78. The zero-order valence-electron chi connectivity index (χ0n) is 5.39. The van der Waals surface area contributed by atoms with Gasteiger partial charge in [0.05, 0.1) is 0 Å². The van der Waals surface area contributed by atoms with E-state index in [0.717, 1.165) is 0 Å². The second kappa shape index (κ2) is 4.27. The van der Waals surface area contributed by atoms with Gasteiger partial charge in [0.1, 0.15) is 0 Å². The molecule has 0 unspecified atom stereocenters. The molecule has 0 bridgehead atoms. The van der Waals surface area contributed by atoms with E-state index < -0.39 is 10.4 Å². The van der Waals surface area contributed by atoms with Crippen LogP contribution in [-0.4, -0.2) is 18.0 Å². The highest BCUT2D eigenvalue weighted by Crippen LogP contribution is 1.91. The van der Waals surface area contributed by atoms with E-state index in [2.05, 4.69) is 28.6 Å². The van der Waals surface area contributed by atoms with Crippen LogP contribution in [0, 0.1) is 0 Å². The zero-order chi connectivity index (χ0) is 8.91. The average Bonchev–Trinajstić information content (AvgIpc) is 1.83. The molecule has 0 aromatic rings. The molecule has 0 aromatic carbocycles. The summed E-state index contributed by atoms with van der Waals surface area (Å²) in [6.45, 7) is 3.31. The van der Waals surface area contributed by atoms with Crippen LogP contribution in [0.3, 0.4) is 0 Å². The van der Waals surface area contributed by atoms with Gasteiger partial charge >= 0.3 is 0 Å². The third-order valence-electron chi connectivity index (χ3n) is 0.549. The summed E-state index contributed by atoms with van der Waals surface area (Å²) >= 11 is 4.45. The molecule has 0 amide bonds. The molecule has 11 heavy (non-hydrogen) atoms. The molecular weight excluding hydrogens is 190 g/mol. The van der Waals surface area contributed by atoms with Crippen LogP contribution in [0.1, 0.15) is 6.42 Å². The molecule has 0 aliphatic carbocycles.